The minimum atomic E-state index is -4.54. The third kappa shape index (κ3) is 3.28. The largest absolute Gasteiger partial charge is 0.416 e. The number of halogens is 3. The highest BCUT2D eigenvalue weighted by atomic mass is 19.4. The van der Waals surface area contributed by atoms with Gasteiger partial charge in [-0.25, -0.2) is 9.78 Å². The topological polar surface area (TPSA) is 86.0 Å². The fourth-order valence-electron chi connectivity index (χ4n) is 2.79. The first-order valence-corrected chi connectivity index (χ1v) is 8.06. The number of hydrogen-bond acceptors (Lipinski definition) is 4. The van der Waals surface area contributed by atoms with Crippen LogP contribution in [0.2, 0.25) is 0 Å². The molecule has 0 fully saturated rings. The molecule has 0 bridgehead atoms. The highest BCUT2D eigenvalue weighted by Gasteiger charge is 2.30. The zero-order valence-electron chi connectivity index (χ0n) is 15.1. The van der Waals surface area contributed by atoms with E-state index in [4.69, 9.17) is 0 Å². The first-order valence-electron chi connectivity index (χ1n) is 8.06. The van der Waals surface area contributed by atoms with Crippen molar-refractivity contribution in [1.29, 1.82) is 0 Å². The van der Waals surface area contributed by atoms with E-state index < -0.39 is 28.9 Å². The van der Waals surface area contributed by atoms with Crippen LogP contribution in [0, 0.1) is 6.92 Å². The van der Waals surface area contributed by atoms with E-state index in [1.54, 1.807) is 0 Å². The first-order chi connectivity index (χ1) is 13.0. The van der Waals surface area contributed by atoms with Crippen LogP contribution in [0.4, 0.5) is 18.9 Å². The fourth-order valence-corrected chi connectivity index (χ4v) is 2.79. The van der Waals surface area contributed by atoms with Gasteiger partial charge in [-0.05, 0) is 31.2 Å². The summed E-state index contributed by atoms with van der Waals surface area (Å²) in [6, 6.07) is 5.48. The van der Waals surface area contributed by atoms with Gasteiger partial charge in [0.1, 0.15) is 5.65 Å². The maximum atomic E-state index is 12.8. The second-order valence-electron chi connectivity index (χ2n) is 6.23. The number of hydrogen-bond donors (Lipinski definition) is 1. The van der Waals surface area contributed by atoms with Crippen LogP contribution < -0.4 is 16.6 Å². The first kappa shape index (κ1) is 19.3. The number of amides is 1. The van der Waals surface area contributed by atoms with Gasteiger partial charge in [0.25, 0.3) is 11.5 Å². The van der Waals surface area contributed by atoms with E-state index in [0.29, 0.717) is 0 Å². The summed E-state index contributed by atoms with van der Waals surface area (Å²) in [7, 11) is 2.74. The summed E-state index contributed by atoms with van der Waals surface area (Å²) >= 11 is 0. The van der Waals surface area contributed by atoms with E-state index in [1.165, 1.54) is 43.8 Å². The number of nitrogens with one attached hydrogen (secondary N) is 1. The SMILES string of the molecule is Cc1nc2c(cc1C(=O)Nc1cccc(C(F)(F)F)c1)c(=O)n(C)c(=O)n2C. The molecule has 3 aromatic rings. The molecule has 0 atom stereocenters. The Hall–Kier alpha value is -3.43. The quantitative estimate of drug-likeness (QED) is 0.725. The highest BCUT2D eigenvalue weighted by Crippen LogP contribution is 2.30. The van der Waals surface area contributed by atoms with Gasteiger partial charge in [0.15, 0.2) is 0 Å². The Kier molecular flexibility index (Phi) is 4.58. The summed E-state index contributed by atoms with van der Waals surface area (Å²) in [5, 5.41) is 2.43. The van der Waals surface area contributed by atoms with E-state index in [2.05, 4.69) is 10.3 Å². The van der Waals surface area contributed by atoms with Crippen LogP contribution in [0.15, 0.2) is 39.9 Å². The number of pyridine rings is 1. The fraction of sp³-hybridized carbons (Fsp3) is 0.222. The molecular weight excluding hydrogens is 377 g/mol. The van der Waals surface area contributed by atoms with Crippen LogP contribution in [-0.2, 0) is 20.3 Å². The zero-order chi connectivity index (χ0) is 20.8. The highest BCUT2D eigenvalue weighted by molar-refractivity contribution is 6.06. The van der Waals surface area contributed by atoms with Gasteiger partial charge in [0.05, 0.1) is 22.2 Å². The average molecular weight is 392 g/mol. The van der Waals surface area contributed by atoms with Gasteiger partial charge in [0, 0.05) is 19.8 Å². The summed E-state index contributed by atoms with van der Waals surface area (Å²) in [4.78, 5) is 41.1. The van der Waals surface area contributed by atoms with Crippen LogP contribution in [0.3, 0.4) is 0 Å². The van der Waals surface area contributed by atoms with Crippen molar-refractivity contribution in [3.8, 4) is 0 Å². The minimum absolute atomic E-state index is 0.0145. The van der Waals surface area contributed by atoms with E-state index >= 15 is 0 Å². The van der Waals surface area contributed by atoms with Crippen molar-refractivity contribution in [2.75, 3.05) is 5.32 Å². The zero-order valence-corrected chi connectivity index (χ0v) is 15.1. The van der Waals surface area contributed by atoms with E-state index in [0.717, 1.165) is 16.7 Å². The molecule has 0 aliphatic carbocycles. The Morgan fingerprint density at radius 1 is 1.11 bits per heavy atom. The number of nitrogens with zero attached hydrogens (tertiary/aromatic N) is 3. The summed E-state index contributed by atoms with van der Waals surface area (Å²) in [5.74, 6) is -0.720. The maximum absolute atomic E-state index is 12.8. The molecule has 146 valence electrons. The van der Waals surface area contributed by atoms with Crippen molar-refractivity contribution >= 4 is 22.6 Å². The molecule has 0 aliphatic rings. The number of aryl methyl sites for hydroxylation is 2. The van der Waals surface area contributed by atoms with E-state index in [-0.39, 0.29) is 28.0 Å². The number of anilines is 1. The Bertz CT molecular complexity index is 1230. The lowest BCUT2D eigenvalue weighted by atomic mass is 10.1. The van der Waals surface area contributed by atoms with Gasteiger partial charge in [0.2, 0.25) is 0 Å². The summed E-state index contributed by atoms with van der Waals surface area (Å²) < 4.78 is 40.6. The van der Waals surface area contributed by atoms with Gasteiger partial charge in [-0.1, -0.05) is 6.07 Å². The summed E-state index contributed by atoms with van der Waals surface area (Å²) in [6.45, 7) is 1.50. The second kappa shape index (κ2) is 6.63. The van der Waals surface area contributed by atoms with Gasteiger partial charge in [-0.3, -0.25) is 18.7 Å². The minimum Gasteiger partial charge on any atom is -0.322 e. The number of carbonyl (C=O) groups is 1. The number of carbonyl (C=O) groups excluding carboxylic acids is 1. The van der Waals surface area contributed by atoms with Crippen molar-refractivity contribution in [3.05, 3.63) is 68.0 Å². The molecule has 1 amide bonds. The van der Waals surface area contributed by atoms with Gasteiger partial charge in [-0.15, -0.1) is 0 Å². The van der Waals surface area contributed by atoms with E-state index in [1.807, 2.05) is 0 Å². The molecule has 10 heteroatoms. The molecule has 0 spiro atoms. The van der Waals surface area contributed by atoms with Crippen molar-refractivity contribution in [2.24, 2.45) is 14.1 Å². The van der Waals surface area contributed by atoms with Crippen molar-refractivity contribution in [3.63, 3.8) is 0 Å². The van der Waals surface area contributed by atoms with E-state index in [9.17, 15) is 27.6 Å². The Morgan fingerprint density at radius 3 is 2.43 bits per heavy atom. The number of alkyl halides is 3. The van der Waals surface area contributed by atoms with Crippen LogP contribution in [0.1, 0.15) is 21.6 Å². The molecule has 1 aromatic carbocycles. The average Bonchev–Trinajstić information content (AvgIpc) is 2.63. The van der Waals surface area contributed by atoms with Crippen molar-refractivity contribution in [2.45, 2.75) is 13.1 Å². The molecule has 0 unspecified atom stereocenters. The lowest BCUT2D eigenvalue weighted by Gasteiger charge is -2.12. The number of benzene rings is 1. The normalized spacial score (nSPS) is 11.6. The standard InChI is InChI=1S/C18H15F3N4O3/c1-9-12(8-13-14(22-9)24(2)17(28)25(3)16(13)27)15(26)23-11-6-4-5-10(7-11)18(19,20)21/h4-8H,1-3H3,(H,23,26). The smallest absolute Gasteiger partial charge is 0.322 e. The Labute approximate surface area is 156 Å². The molecule has 28 heavy (non-hydrogen) atoms. The molecule has 2 heterocycles. The Balaban J connectivity index is 2.07. The molecule has 0 radical (unpaired) electrons. The van der Waals surface area contributed by atoms with Gasteiger partial charge >= 0.3 is 11.9 Å². The molecule has 3 rings (SSSR count). The third-order valence-electron chi connectivity index (χ3n) is 4.31. The van der Waals surface area contributed by atoms with Crippen molar-refractivity contribution < 1.29 is 18.0 Å². The number of rotatable bonds is 2. The number of aromatic nitrogens is 3. The molecule has 2 aromatic heterocycles. The van der Waals surface area contributed by atoms with Crippen LogP contribution in [0.5, 0.6) is 0 Å². The molecule has 0 saturated carbocycles. The lowest BCUT2D eigenvalue weighted by Crippen LogP contribution is -2.37. The lowest BCUT2D eigenvalue weighted by molar-refractivity contribution is -0.137. The maximum Gasteiger partial charge on any atom is 0.416 e. The molecular formula is C18H15F3N4O3. The summed E-state index contributed by atoms with van der Waals surface area (Å²) in [5.41, 5.74) is -1.79. The number of fused-ring (bicyclic) bond motifs is 1. The third-order valence-corrected chi connectivity index (χ3v) is 4.31. The van der Waals surface area contributed by atoms with Crippen LogP contribution >= 0.6 is 0 Å². The molecule has 0 saturated heterocycles. The van der Waals surface area contributed by atoms with Gasteiger partial charge < -0.3 is 5.32 Å². The van der Waals surface area contributed by atoms with Crippen LogP contribution in [0.25, 0.3) is 11.0 Å². The monoisotopic (exact) mass is 392 g/mol. The van der Waals surface area contributed by atoms with Crippen molar-refractivity contribution in [1.82, 2.24) is 14.1 Å². The molecule has 0 aliphatic heterocycles. The molecule has 1 N–H and O–H groups in total. The summed E-state index contributed by atoms with van der Waals surface area (Å²) in [6.07, 6.45) is -4.54. The predicted octanol–water partition coefficient (Wildman–Crippen LogP) is 2.21. The molecule has 7 nitrogen and oxygen atoms in total. The van der Waals surface area contributed by atoms with Gasteiger partial charge in [-0.2, -0.15) is 13.2 Å². The Morgan fingerprint density at radius 2 is 1.79 bits per heavy atom. The second-order valence-corrected chi connectivity index (χ2v) is 6.23. The van der Waals surface area contributed by atoms with Crippen LogP contribution in [-0.4, -0.2) is 20.0 Å². The predicted molar refractivity (Wildman–Crippen MR) is 96.4 cm³/mol.